The van der Waals surface area contributed by atoms with Gasteiger partial charge in [-0.05, 0) is 37.8 Å². The topological polar surface area (TPSA) is 83.8 Å². The van der Waals surface area contributed by atoms with Gasteiger partial charge in [0.1, 0.15) is 0 Å². The zero-order valence-corrected chi connectivity index (χ0v) is 11.8. The molecule has 4 N–H and O–H groups in total. The van der Waals surface area contributed by atoms with Crippen molar-refractivity contribution in [3.05, 3.63) is 47.2 Å². The van der Waals surface area contributed by atoms with E-state index in [1.165, 1.54) is 11.1 Å². The fourth-order valence-electron chi connectivity index (χ4n) is 1.95. The SMILES string of the molecule is Cc1ccccc1CCc1cc(NC(=O)[C@@H](C)N)n[nH]1. The molecule has 20 heavy (non-hydrogen) atoms. The van der Waals surface area contributed by atoms with Gasteiger partial charge in [-0.25, -0.2) is 0 Å². The van der Waals surface area contributed by atoms with Crippen molar-refractivity contribution >= 4 is 11.7 Å². The number of carbonyl (C=O) groups is 1. The van der Waals surface area contributed by atoms with Crippen molar-refractivity contribution in [2.45, 2.75) is 32.7 Å². The van der Waals surface area contributed by atoms with Crippen molar-refractivity contribution in [2.75, 3.05) is 5.32 Å². The third-order valence-electron chi connectivity index (χ3n) is 3.22. The number of amides is 1. The molecule has 0 aliphatic heterocycles. The zero-order valence-electron chi connectivity index (χ0n) is 11.8. The Balaban J connectivity index is 1.93. The molecule has 0 saturated heterocycles. The predicted octanol–water partition coefficient (Wildman–Crippen LogP) is 1.79. The summed E-state index contributed by atoms with van der Waals surface area (Å²) >= 11 is 0. The van der Waals surface area contributed by atoms with E-state index in [1.807, 2.05) is 18.2 Å². The maximum atomic E-state index is 11.5. The van der Waals surface area contributed by atoms with Crippen molar-refractivity contribution in [3.63, 3.8) is 0 Å². The van der Waals surface area contributed by atoms with Crippen molar-refractivity contribution in [3.8, 4) is 0 Å². The van der Waals surface area contributed by atoms with E-state index in [-0.39, 0.29) is 5.91 Å². The summed E-state index contributed by atoms with van der Waals surface area (Å²) in [6.07, 6.45) is 1.79. The summed E-state index contributed by atoms with van der Waals surface area (Å²) in [6, 6.07) is 9.63. The van der Waals surface area contributed by atoms with Gasteiger partial charge in [-0.1, -0.05) is 24.3 Å². The van der Waals surface area contributed by atoms with Crippen molar-refractivity contribution in [1.29, 1.82) is 0 Å². The number of H-pyrrole nitrogens is 1. The number of nitrogens with zero attached hydrogens (tertiary/aromatic N) is 1. The Hall–Kier alpha value is -2.14. The molecular weight excluding hydrogens is 252 g/mol. The van der Waals surface area contributed by atoms with Crippen LogP contribution in [0.25, 0.3) is 0 Å². The number of nitrogens with one attached hydrogen (secondary N) is 2. The minimum atomic E-state index is -0.540. The summed E-state index contributed by atoms with van der Waals surface area (Å²) in [5.41, 5.74) is 9.10. The van der Waals surface area contributed by atoms with E-state index in [1.54, 1.807) is 6.92 Å². The van der Waals surface area contributed by atoms with Gasteiger partial charge in [-0.15, -0.1) is 0 Å². The first-order valence-corrected chi connectivity index (χ1v) is 6.71. The van der Waals surface area contributed by atoms with Crippen LogP contribution < -0.4 is 11.1 Å². The lowest BCUT2D eigenvalue weighted by molar-refractivity contribution is -0.117. The Kier molecular flexibility index (Phi) is 4.53. The molecule has 1 atom stereocenters. The average molecular weight is 272 g/mol. The summed E-state index contributed by atoms with van der Waals surface area (Å²) < 4.78 is 0. The predicted molar refractivity (Wildman–Crippen MR) is 79.5 cm³/mol. The van der Waals surface area contributed by atoms with E-state index < -0.39 is 6.04 Å². The van der Waals surface area contributed by atoms with Crippen LogP contribution in [0.15, 0.2) is 30.3 Å². The van der Waals surface area contributed by atoms with Gasteiger partial charge in [0.15, 0.2) is 5.82 Å². The standard InChI is InChI=1S/C15H20N4O/c1-10-5-3-4-6-12(10)7-8-13-9-14(19-18-13)17-15(20)11(2)16/h3-6,9,11H,7-8,16H2,1-2H3,(H2,17,18,19,20)/t11-/m1/s1. The number of carbonyl (C=O) groups excluding carboxylic acids is 1. The van der Waals surface area contributed by atoms with Crippen molar-refractivity contribution in [2.24, 2.45) is 5.73 Å². The van der Waals surface area contributed by atoms with Crippen LogP contribution in [0, 0.1) is 6.92 Å². The fraction of sp³-hybridized carbons (Fsp3) is 0.333. The molecule has 0 radical (unpaired) electrons. The lowest BCUT2D eigenvalue weighted by atomic mass is 10.0. The third kappa shape index (κ3) is 3.68. The summed E-state index contributed by atoms with van der Waals surface area (Å²) in [7, 11) is 0. The van der Waals surface area contributed by atoms with E-state index in [2.05, 4.69) is 34.6 Å². The zero-order chi connectivity index (χ0) is 14.5. The van der Waals surface area contributed by atoms with Gasteiger partial charge >= 0.3 is 0 Å². The van der Waals surface area contributed by atoms with Gasteiger partial charge in [0, 0.05) is 11.8 Å². The number of aromatic amines is 1. The summed E-state index contributed by atoms with van der Waals surface area (Å²) in [5.74, 6) is 0.286. The Morgan fingerprint density at radius 1 is 1.40 bits per heavy atom. The van der Waals surface area contributed by atoms with Crippen LogP contribution in [0.1, 0.15) is 23.7 Å². The largest absolute Gasteiger partial charge is 0.320 e. The Labute approximate surface area is 118 Å². The molecule has 0 aliphatic carbocycles. The van der Waals surface area contributed by atoms with Crippen LogP contribution in [-0.2, 0) is 17.6 Å². The Morgan fingerprint density at radius 3 is 2.85 bits per heavy atom. The number of rotatable bonds is 5. The van der Waals surface area contributed by atoms with Gasteiger partial charge in [0.2, 0.25) is 5.91 Å². The lowest BCUT2D eigenvalue weighted by Crippen LogP contribution is -2.32. The molecular formula is C15H20N4O. The van der Waals surface area contributed by atoms with Crippen molar-refractivity contribution in [1.82, 2.24) is 10.2 Å². The van der Waals surface area contributed by atoms with Gasteiger partial charge in [-0.3, -0.25) is 9.89 Å². The first kappa shape index (κ1) is 14.3. The van der Waals surface area contributed by atoms with Crippen LogP contribution >= 0.6 is 0 Å². The van der Waals surface area contributed by atoms with E-state index in [0.29, 0.717) is 5.82 Å². The highest BCUT2D eigenvalue weighted by Crippen LogP contribution is 2.12. The van der Waals surface area contributed by atoms with Crippen LogP contribution in [0.3, 0.4) is 0 Å². The van der Waals surface area contributed by atoms with E-state index in [0.717, 1.165) is 18.5 Å². The van der Waals surface area contributed by atoms with Gasteiger partial charge in [0.05, 0.1) is 6.04 Å². The quantitative estimate of drug-likeness (QED) is 0.776. The number of benzene rings is 1. The van der Waals surface area contributed by atoms with E-state index in [9.17, 15) is 4.79 Å². The second-order valence-electron chi connectivity index (χ2n) is 4.98. The molecule has 0 unspecified atom stereocenters. The van der Waals surface area contributed by atoms with Gasteiger partial charge in [0.25, 0.3) is 0 Å². The first-order chi connectivity index (χ1) is 9.56. The smallest absolute Gasteiger partial charge is 0.242 e. The lowest BCUT2D eigenvalue weighted by Gasteiger charge is -2.04. The van der Waals surface area contributed by atoms with Crippen LogP contribution in [-0.4, -0.2) is 22.1 Å². The minimum Gasteiger partial charge on any atom is -0.320 e. The first-order valence-electron chi connectivity index (χ1n) is 6.71. The molecule has 1 heterocycles. The number of hydrogen-bond donors (Lipinski definition) is 3. The molecule has 0 saturated carbocycles. The molecule has 5 nitrogen and oxygen atoms in total. The van der Waals surface area contributed by atoms with Crippen molar-refractivity contribution < 1.29 is 4.79 Å². The van der Waals surface area contributed by atoms with Gasteiger partial charge < -0.3 is 11.1 Å². The highest BCUT2D eigenvalue weighted by molar-refractivity contribution is 5.93. The third-order valence-corrected chi connectivity index (χ3v) is 3.22. The number of aromatic nitrogens is 2. The van der Waals surface area contributed by atoms with E-state index >= 15 is 0 Å². The fourth-order valence-corrected chi connectivity index (χ4v) is 1.95. The Bertz CT molecular complexity index is 589. The molecule has 0 spiro atoms. The molecule has 2 aromatic rings. The number of nitrogens with two attached hydrogens (primary N) is 1. The molecule has 0 aliphatic rings. The molecule has 106 valence electrons. The van der Waals surface area contributed by atoms with Gasteiger partial charge in [-0.2, -0.15) is 5.10 Å². The molecule has 1 amide bonds. The van der Waals surface area contributed by atoms with Crippen LogP contribution in [0.2, 0.25) is 0 Å². The monoisotopic (exact) mass is 272 g/mol. The highest BCUT2D eigenvalue weighted by Gasteiger charge is 2.10. The molecule has 1 aromatic carbocycles. The van der Waals surface area contributed by atoms with E-state index in [4.69, 9.17) is 5.73 Å². The highest BCUT2D eigenvalue weighted by atomic mass is 16.2. The maximum absolute atomic E-state index is 11.5. The number of anilines is 1. The number of hydrogen-bond acceptors (Lipinski definition) is 3. The van der Waals surface area contributed by atoms with Crippen LogP contribution in [0.4, 0.5) is 5.82 Å². The normalized spacial score (nSPS) is 12.2. The molecule has 0 bridgehead atoms. The minimum absolute atomic E-state index is 0.234. The maximum Gasteiger partial charge on any atom is 0.242 e. The second-order valence-corrected chi connectivity index (χ2v) is 4.98. The summed E-state index contributed by atoms with van der Waals surface area (Å²) in [5, 5.41) is 9.66. The Morgan fingerprint density at radius 2 is 2.15 bits per heavy atom. The molecule has 5 heteroatoms. The summed E-state index contributed by atoms with van der Waals surface area (Å²) in [4.78, 5) is 11.5. The van der Waals surface area contributed by atoms with Crippen LogP contribution in [0.5, 0.6) is 0 Å². The molecule has 2 rings (SSSR count). The molecule has 0 fully saturated rings. The second kappa shape index (κ2) is 6.34. The molecule has 1 aromatic heterocycles. The summed E-state index contributed by atoms with van der Waals surface area (Å²) in [6.45, 7) is 3.75. The number of aryl methyl sites for hydroxylation is 3. The average Bonchev–Trinajstić information content (AvgIpc) is 2.85.